The molecule has 1 aromatic heterocycles. The molecule has 0 radical (unpaired) electrons. The Bertz CT molecular complexity index is 519. The Morgan fingerprint density at radius 3 is 2.81 bits per heavy atom. The van der Waals surface area contributed by atoms with Gasteiger partial charge in [-0.1, -0.05) is 17.7 Å². The Morgan fingerprint density at radius 1 is 1.44 bits per heavy atom. The lowest BCUT2D eigenvalue weighted by atomic mass is 10.2. The largest absolute Gasteiger partial charge is 0.394 e. The van der Waals surface area contributed by atoms with E-state index >= 15 is 0 Å². The fourth-order valence-electron chi connectivity index (χ4n) is 1.47. The highest BCUT2D eigenvalue weighted by atomic mass is 35.5. The van der Waals surface area contributed by atoms with Crippen molar-refractivity contribution in [1.29, 1.82) is 0 Å². The number of nitrogen functional groups attached to an aromatic ring is 1. The second-order valence-electron chi connectivity index (χ2n) is 3.72. The number of nitrogens with one attached hydrogen (secondary N) is 1. The minimum atomic E-state index is 0.597. The van der Waals surface area contributed by atoms with Crippen LogP contribution in [0.5, 0.6) is 0 Å². The minimum absolute atomic E-state index is 0.597. The van der Waals surface area contributed by atoms with Crippen LogP contribution >= 0.6 is 11.6 Å². The van der Waals surface area contributed by atoms with Crippen molar-refractivity contribution in [2.24, 2.45) is 7.05 Å². The van der Waals surface area contributed by atoms with E-state index in [1.54, 1.807) is 10.9 Å². The fourth-order valence-corrected chi connectivity index (χ4v) is 1.63. The topological polar surface area (TPSA) is 55.9 Å². The van der Waals surface area contributed by atoms with E-state index in [-0.39, 0.29) is 0 Å². The van der Waals surface area contributed by atoms with E-state index < -0.39 is 0 Å². The van der Waals surface area contributed by atoms with Gasteiger partial charge in [-0.05, 0) is 24.6 Å². The van der Waals surface area contributed by atoms with Crippen molar-refractivity contribution in [3.8, 4) is 0 Å². The molecule has 0 fully saturated rings. The van der Waals surface area contributed by atoms with Crippen LogP contribution in [-0.4, -0.2) is 9.78 Å². The van der Waals surface area contributed by atoms with Gasteiger partial charge in [0.05, 0.1) is 16.4 Å². The number of halogens is 1. The molecule has 0 spiro atoms. The molecule has 0 aliphatic heterocycles. The maximum absolute atomic E-state index is 6.07. The van der Waals surface area contributed by atoms with Crippen LogP contribution in [0.15, 0.2) is 24.4 Å². The molecule has 5 heteroatoms. The van der Waals surface area contributed by atoms with Crippen molar-refractivity contribution in [3.05, 3.63) is 35.0 Å². The van der Waals surface area contributed by atoms with Crippen LogP contribution in [-0.2, 0) is 7.05 Å². The first-order valence-electron chi connectivity index (χ1n) is 4.88. The summed E-state index contributed by atoms with van der Waals surface area (Å²) in [6.45, 7) is 2.00. The molecule has 4 nitrogen and oxygen atoms in total. The van der Waals surface area contributed by atoms with Crippen LogP contribution in [0.3, 0.4) is 0 Å². The van der Waals surface area contributed by atoms with Gasteiger partial charge in [0.1, 0.15) is 0 Å². The average molecular weight is 237 g/mol. The molecule has 0 bridgehead atoms. The number of hydrogen-bond acceptors (Lipinski definition) is 3. The SMILES string of the molecule is Cc1ccc(Cl)c(Nc2nn(C)cc2N)c1. The van der Waals surface area contributed by atoms with Crippen LogP contribution in [0.2, 0.25) is 5.02 Å². The molecule has 0 amide bonds. The number of hydrogen-bond donors (Lipinski definition) is 2. The molecular formula is C11H13ClN4. The van der Waals surface area contributed by atoms with Gasteiger partial charge in [0.2, 0.25) is 0 Å². The van der Waals surface area contributed by atoms with Gasteiger partial charge in [-0.2, -0.15) is 5.10 Å². The number of aromatic nitrogens is 2. The highest BCUT2D eigenvalue weighted by molar-refractivity contribution is 6.33. The molecule has 2 aromatic rings. The summed E-state index contributed by atoms with van der Waals surface area (Å²) in [6.07, 6.45) is 1.74. The van der Waals surface area contributed by atoms with Gasteiger partial charge < -0.3 is 11.1 Å². The van der Waals surface area contributed by atoms with E-state index in [0.29, 0.717) is 16.5 Å². The molecule has 0 atom stereocenters. The maximum Gasteiger partial charge on any atom is 0.175 e. The summed E-state index contributed by atoms with van der Waals surface area (Å²) < 4.78 is 1.65. The molecule has 0 aliphatic carbocycles. The highest BCUT2D eigenvalue weighted by Gasteiger charge is 2.06. The predicted molar refractivity (Wildman–Crippen MR) is 67.1 cm³/mol. The van der Waals surface area contributed by atoms with Gasteiger partial charge in [0.15, 0.2) is 5.82 Å². The summed E-state index contributed by atoms with van der Waals surface area (Å²) in [5.41, 5.74) is 8.32. The minimum Gasteiger partial charge on any atom is -0.394 e. The lowest BCUT2D eigenvalue weighted by Crippen LogP contribution is -1.96. The van der Waals surface area contributed by atoms with Gasteiger partial charge in [-0.3, -0.25) is 4.68 Å². The van der Waals surface area contributed by atoms with Crippen molar-refractivity contribution >= 4 is 28.8 Å². The highest BCUT2D eigenvalue weighted by Crippen LogP contribution is 2.27. The summed E-state index contributed by atoms with van der Waals surface area (Å²) in [4.78, 5) is 0. The normalized spacial score (nSPS) is 10.4. The first-order valence-corrected chi connectivity index (χ1v) is 5.26. The number of anilines is 3. The molecule has 3 N–H and O–H groups in total. The molecule has 0 saturated heterocycles. The van der Waals surface area contributed by atoms with Gasteiger partial charge >= 0.3 is 0 Å². The van der Waals surface area contributed by atoms with Crippen molar-refractivity contribution in [3.63, 3.8) is 0 Å². The monoisotopic (exact) mass is 236 g/mol. The summed E-state index contributed by atoms with van der Waals surface area (Å²) in [6, 6.07) is 5.75. The van der Waals surface area contributed by atoms with Crippen molar-refractivity contribution in [2.45, 2.75) is 6.92 Å². The molecule has 84 valence electrons. The molecule has 16 heavy (non-hydrogen) atoms. The molecular weight excluding hydrogens is 224 g/mol. The van der Waals surface area contributed by atoms with Crippen LogP contribution in [0.4, 0.5) is 17.2 Å². The molecule has 0 saturated carbocycles. The second-order valence-corrected chi connectivity index (χ2v) is 4.12. The third-order valence-electron chi connectivity index (χ3n) is 2.23. The Labute approximate surface area is 99.0 Å². The van der Waals surface area contributed by atoms with Crippen molar-refractivity contribution < 1.29 is 0 Å². The number of nitrogens with zero attached hydrogens (tertiary/aromatic N) is 2. The maximum atomic E-state index is 6.07. The van der Waals surface area contributed by atoms with Crippen LogP contribution in [0.25, 0.3) is 0 Å². The molecule has 0 aliphatic rings. The van der Waals surface area contributed by atoms with Gasteiger partial charge in [-0.25, -0.2) is 0 Å². The Hall–Kier alpha value is -1.68. The number of benzene rings is 1. The standard InChI is InChI=1S/C11H13ClN4/c1-7-3-4-8(12)10(5-7)14-11-9(13)6-16(2)15-11/h3-6H,13H2,1-2H3,(H,14,15). The summed E-state index contributed by atoms with van der Waals surface area (Å²) >= 11 is 6.07. The smallest absolute Gasteiger partial charge is 0.175 e. The molecule has 2 rings (SSSR count). The zero-order chi connectivity index (χ0) is 11.7. The lowest BCUT2D eigenvalue weighted by Gasteiger charge is -2.07. The first-order chi connectivity index (χ1) is 7.56. The van der Waals surface area contributed by atoms with Gasteiger partial charge in [-0.15, -0.1) is 0 Å². The Balaban J connectivity index is 2.33. The molecule has 1 aromatic carbocycles. The summed E-state index contributed by atoms with van der Waals surface area (Å²) in [5, 5.41) is 7.96. The van der Waals surface area contributed by atoms with Gasteiger partial charge in [0.25, 0.3) is 0 Å². The second kappa shape index (κ2) is 4.06. The van der Waals surface area contributed by atoms with E-state index in [9.17, 15) is 0 Å². The van der Waals surface area contributed by atoms with E-state index in [1.165, 1.54) is 0 Å². The van der Waals surface area contributed by atoms with E-state index in [0.717, 1.165) is 11.3 Å². The summed E-state index contributed by atoms with van der Waals surface area (Å²) in [5.74, 6) is 0.620. The third-order valence-corrected chi connectivity index (χ3v) is 2.56. The Morgan fingerprint density at radius 2 is 2.19 bits per heavy atom. The zero-order valence-electron chi connectivity index (χ0n) is 9.16. The summed E-state index contributed by atoms with van der Waals surface area (Å²) in [7, 11) is 1.82. The number of nitrogens with two attached hydrogens (primary N) is 1. The van der Waals surface area contributed by atoms with Crippen LogP contribution in [0, 0.1) is 6.92 Å². The number of rotatable bonds is 2. The van der Waals surface area contributed by atoms with E-state index in [4.69, 9.17) is 17.3 Å². The quantitative estimate of drug-likeness (QED) is 0.843. The average Bonchev–Trinajstić information content (AvgIpc) is 2.51. The van der Waals surface area contributed by atoms with E-state index in [2.05, 4.69) is 10.4 Å². The van der Waals surface area contributed by atoms with Crippen LogP contribution < -0.4 is 11.1 Å². The Kier molecular flexibility index (Phi) is 2.75. The molecule has 0 unspecified atom stereocenters. The fraction of sp³-hybridized carbons (Fsp3) is 0.182. The van der Waals surface area contributed by atoms with E-state index in [1.807, 2.05) is 32.2 Å². The molecule has 1 heterocycles. The lowest BCUT2D eigenvalue weighted by molar-refractivity contribution is 0.771. The van der Waals surface area contributed by atoms with Crippen molar-refractivity contribution in [2.75, 3.05) is 11.1 Å². The zero-order valence-corrected chi connectivity index (χ0v) is 9.92. The number of aryl methyl sites for hydroxylation is 2. The predicted octanol–water partition coefficient (Wildman–Crippen LogP) is 2.71. The third kappa shape index (κ3) is 2.12. The van der Waals surface area contributed by atoms with Crippen LogP contribution in [0.1, 0.15) is 5.56 Å². The van der Waals surface area contributed by atoms with Gasteiger partial charge in [0, 0.05) is 13.2 Å². The first kappa shape index (κ1) is 10.8. The van der Waals surface area contributed by atoms with Crippen molar-refractivity contribution in [1.82, 2.24) is 9.78 Å².